The maximum atomic E-state index is 5.55. The van der Waals surface area contributed by atoms with E-state index in [9.17, 15) is 0 Å². The molecular formula is C14H18N4OS. The Morgan fingerprint density at radius 2 is 1.90 bits per heavy atom. The Hall–Kier alpha value is -1.82. The minimum atomic E-state index is 0.0263. The molecule has 2 aromatic rings. The van der Waals surface area contributed by atoms with Gasteiger partial charge in [0.1, 0.15) is 0 Å². The summed E-state index contributed by atoms with van der Waals surface area (Å²) in [5, 5.41) is 3.55. The maximum Gasteiger partial charge on any atom is 0.322 e. The van der Waals surface area contributed by atoms with Gasteiger partial charge < -0.3 is 10.1 Å². The van der Waals surface area contributed by atoms with Crippen LogP contribution in [0.1, 0.15) is 19.4 Å². The van der Waals surface area contributed by atoms with Crippen molar-refractivity contribution in [1.29, 1.82) is 0 Å². The van der Waals surface area contributed by atoms with Gasteiger partial charge in [-0.25, -0.2) is 0 Å². The van der Waals surface area contributed by atoms with E-state index in [1.807, 2.05) is 32.0 Å². The molecule has 1 N–H and O–H groups in total. The Morgan fingerprint density at radius 1 is 1.15 bits per heavy atom. The third kappa shape index (κ3) is 3.84. The van der Waals surface area contributed by atoms with E-state index in [-0.39, 0.29) is 6.10 Å². The van der Waals surface area contributed by atoms with Gasteiger partial charge in [-0.2, -0.15) is 15.0 Å². The van der Waals surface area contributed by atoms with Crippen LogP contribution in [-0.4, -0.2) is 28.1 Å². The zero-order valence-electron chi connectivity index (χ0n) is 12.0. The van der Waals surface area contributed by atoms with Gasteiger partial charge in [-0.3, -0.25) is 0 Å². The fourth-order valence-electron chi connectivity index (χ4n) is 1.53. The second kappa shape index (κ2) is 6.56. The molecule has 0 radical (unpaired) electrons. The average molecular weight is 290 g/mol. The topological polar surface area (TPSA) is 59.9 Å². The van der Waals surface area contributed by atoms with E-state index in [1.54, 1.807) is 7.05 Å². The number of hydrogen-bond donors (Lipinski definition) is 1. The van der Waals surface area contributed by atoms with Crippen LogP contribution in [0.2, 0.25) is 0 Å². The molecule has 0 saturated heterocycles. The fraction of sp³-hybridized carbons (Fsp3) is 0.357. The summed E-state index contributed by atoms with van der Waals surface area (Å²) in [6, 6.07) is 8.47. The van der Waals surface area contributed by atoms with Crippen molar-refractivity contribution in [2.24, 2.45) is 0 Å². The van der Waals surface area contributed by atoms with Crippen LogP contribution >= 0.6 is 11.8 Å². The highest BCUT2D eigenvalue weighted by molar-refractivity contribution is 7.99. The molecule has 0 spiro atoms. The minimum Gasteiger partial charge on any atom is -0.461 e. The van der Waals surface area contributed by atoms with E-state index in [1.165, 1.54) is 17.3 Å². The number of hydrogen-bond acceptors (Lipinski definition) is 6. The normalized spacial score (nSPS) is 10.7. The molecule has 0 unspecified atom stereocenters. The van der Waals surface area contributed by atoms with Crippen LogP contribution in [0.15, 0.2) is 34.3 Å². The molecule has 0 amide bonds. The predicted octanol–water partition coefficient (Wildman–Crippen LogP) is 3.16. The second-order valence-electron chi connectivity index (χ2n) is 4.51. The van der Waals surface area contributed by atoms with Crippen LogP contribution < -0.4 is 10.1 Å². The van der Waals surface area contributed by atoms with Crippen molar-refractivity contribution in [1.82, 2.24) is 15.0 Å². The molecule has 6 heteroatoms. The summed E-state index contributed by atoms with van der Waals surface area (Å²) >= 11 is 1.50. The Morgan fingerprint density at radius 3 is 2.55 bits per heavy atom. The lowest BCUT2D eigenvalue weighted by atomic mass is 10.2. The quantitative estimate of drug-likeness (QED) is 0.912. The first-order valence-electron chi connectivity index (χ1n) is 6.42. The van der Waals surface area contributed by atoms with Crippen LogP contribution in [-0.2, 0) is 0 Å². The number of aryl methyl sites for hydroxylation is 1. The Balaban J connectivity index is 2.29. The summed E-state index contributed by atoms with van der Waals surface area (Å²) < 4.78 is 5.55. The Kier molecular flexibility index (Phi) is 4.79. The van der Waals surface area contributed by atoms with Gasteiger partial charge in [-0.15, -0.1) is 0 Å². The zero-order chi connectivity index (χ0) is 14.5. The highest BCUT2D eigenvalue weighted by Crippen LogP contribution is 2.28. The number of aromatic nitrogens is 3. The van der Waals surface area contributed by atoms with Crippen molar-refractivity contribution in [3.05, 3.63) is 29.8 Å². The smallest absolute Gasteiger partial charge is 0.322 e. The van der Waals surface area contributed by atoms with Crippen molar-refractivity contribution in [2.45, 2.75) is 36.9 Å². The maximum absolute atomic E-state index is 5.55. The number of anilines is 1. The molecule has 2 rings (SSSR count). The number of nitrogens with one attached hydrogen (secondary N) is 1. The lowest BCUT2D eigenvalue weighted by Gasteiger charge is -2.10. The van der Waals surface area contributed by atoms with Gasteiger partial charge in [0.15, 0.2) is 0 Å². The molecule has 1 heterocycles. The summed E-state index contributed by atoms with van der Waals surface area (Å²) in [5.41, 5.74) is 1.19. The molecule has 20 heavy (non-hydrogen) atoms. The molecule has 1 aromatic heterocycles. The molecule has 5 nitrogen and oxygen atoms in total. The minimum absolute atomic E-state index is 0.0263. The standard InChI is InChI=1S/C14H18N4OS/c1-9(2)19-13-16-12(15-4)17-14(18-13)20-11-8-6-5-7-10(11)3/h5-9H,1-4H3,(H,15,16,17,18). The first kappa shape index (κ1) is 14.6. The Bertz CT molecular complexity index is 589. The molecule has 1 aromatic carbocycles. The van der Waals surface area contributed by atoms with Gasteiger partial charge in [-0.05, 0) is 44.2 Å². The third-order valence-corrected chi connectivity index (χ3v) is 3.50. The number of rotatable bonds is 5. The summed E-state index contributed by atoms with van der Waals surface area (Å²) in [6.45, 7) is 5.95. The first-order valence-corrected chi connectivity index (χ1v) is 7.24. The highest BCUT2D eigenvalue weighted by Gasteiger charge is 2.10. The molecule has 0 saturated carbocycles. The average Bonchev–Trinajstić information content (AvgIpc) is 2.40. The molecule has 0 fully saturated rings. The number of nitrogens with zero attached hydrogens (tertiary/aromatic N) is 3. The Labute approximate surface area is 123 Å². The molecule has 0 aliphatic carbocycles. The largest absolute Gasteiger partial charge is 0.461 e. The van der Waals surface area contributed by atoms with Gasteiger partial charge in [0.05, 0.1) is 6.10 Å². The first-order chi connectivity index (χ1) is 9.58. The fourth-order valence-corrected chi connectivity index (χ4v) is 2.36. The van der Waals surface area contributed by atoms with Crippen molar-refractivity contribution < 1.29 is 4.74 Å². The van der Waals surface area contributed by atoms with Gasteiger partial charge >= 0.3 is 6.01 Å². The lowest BCUT2D eigenvalue weighted by molar-refractivity contribution is 0.219. The number of ether oxygens (including phenoxy) is 1. The van der Waals surface area contributed by atoms with E-state index in [0.717, 1.165) is 4.90 Å². The highest BCUT2D eigenvalue weighted by atomic mass is 32.2. The molecule has 0 aliphatic heterocycles. The van der Waals surface area contributed by atoms with E-state index in [4.69, 9.17) is 4.74 Å². The second-order valence-corrected chi connectivity index (χ2v) is 5.52. The van der Waals surface area contributed by atoms with Crippen LogP contribution in [0.4, 0.5) is 5.95 Å². The van der Waals surface area contributed by atoms with E-state index < -0.39 is 0 Å². The van der Waals surface area contributed by atoms with Crippen molar-refractivity contribution >= 4 is 17.7 Å². The molecular weight excluding hydrogens is 272 g/mol. The van der Waals surface area contributed by atoms with Crippen LogP contribution in [0.5, 0.6) is 6.01 Å². The van der Waals surface area contributed by atoms with Gasteiger partial charge in [0.2, 0.25) is 11.1 Å². The van der Waals surface area contributed by atoms with Crippen LogP contribution in [0.3, 0.4) is 0 Å². The SMILES string of the molecule is CNc1nc(OC(C)C)nc(Sc2ccccc2C)n1. The third-order valence-electron chi connectivity index (χ3n) is 2.45. The molecule has 106 valence electrons. The van der Waals surface area contributed by atoms with Gasteiger partial charge in [0, 0.05) is 11.9 Å². The molecule has 0 atom stereocenters. The monoisotopic (exact) mass is 290 g/mol. The lowest BCUT2D eigenvalue weighted by Crippen LogP contribution is -2.11. The van der Waals surface area contributed by atoms with Crippen LogP contribution in [0, 0.1) is 6.92 Å². The summed E-state index contributed by atoms with van der Waals surface area (Å²) in [4.78, 5) is 14.0. The van der Waals surface area contributed by atoms with E-state index in [2.05, 4.69) is 33.3 Å². The summed E-state index contributed by atoms with van der Waals surface area (Å²) in [7, 11) is 1.77. The van der Waals surface area contributed by atoms with Crippen molar-refractivity contribution in [3.8, 4) is 6.01 Å². The molecule has 0 bridgehead atoms. The summed E-state index contributed by atoms with van der Waals surface area (Å²) in [6.07, 6.45) is 0.0263. The predicted molar refractivity (Wildman–Crippen MR) is 80.4 cm³/mol. The number of benzene rings is 1. The van der Waals surface area contributed by atoms with E-state index >= 15 is 0 Å². The molecule has 0 aliphatic rings. The zero-order valence-corrected chi connectivity index (χ0v) is 12.9. The summed E-state index contributed by atoms with van der Waals surface area (Å²) in [5.74, 6) is 0.506. The van der Waals surface area contributed by atoms with Crippen molar-refractivity contribution in [2.75, 3.05) is 12.4 Å². The van der Waals surface area contributed by atoms with Gasteiger partial charge in [-0.1, -0.05) is 18.2 Å². The van der Waals surface area contributed by atoms with E-state index in [0.29, 0.717) is 17.1 Å². The van der Waals surface area contributed by atoms with Crippen LogP contribution in [0.25, 0.3) is 0 Å². The van der Waals surface area contributed by atoms with Gasteiger partial charge in [0.25, 0.3) is 0 Å². The van der Waals surface area contributed by atoms with Crippen molar-refractivity contribution in [3.63, 3.8) is 0 Å².